The lowest BCUT2D eigenvalue weighted by molar-refractivity contribution is -0.130. The number of carbonyl (C=O) groups is 2. The molecule has 2 saturated heterocycles. The fourth-order valence-corrected chi connectivity index (χ4v) is 4.28. The normalized spacial score (nSPS) is 28.2. The number of rotatable bonds is 6. The van der Waals surface area contributed by atoms with E-state index in [-0.39, 0.29) is 17.9 Å². The van der Waals surface area contributed by atoms with Crippen LogP contribution < -0.4 is 5.32 Å². The zero-order chi connectivity index (χ0) is 18.1. The first-order valence-corrected chi connectivity index (χ1v) is 9.63. The average Bonchev–Trinajstić information content (AvgIpc) is 3.31. The van der Waals surface area contributed by atoms with Crippen molar-refractivity contribution in [1.29, 1.82) is 0 Å². The van der Waals surface area contributed by atoms with E-state index in [4.69, 9.17) is 0 Å². The van der Waals surface area contributed by atoms with Crippen molar-refractivity contribution in [2.75, 3.05) is 26.7 Å². The third kappa shape index (κ3) is 3.72. The lowest BCUT2D eigenvalue weighted by Crippen LogP contribution is -2.46. The second-order valence-corrected chi connectivity index (χ2v) is 7.98. The van der Waals surface area contributed by atoms with Crippen LogP contribution in [-0.2, 0) is 16.0 Å². The quantitative estimate of drug-likeness (QED) is 0.801. The third-order valence-electron chi connectivity index (χ3n) is 6.11. The van der Waals surface area contributed by atoms with Crippen molar-refractivity contribution in [1.82, 2.24) is 25.1 Å². The van der Waals surface area contributed by atoms with Crippen molar-refractivity contribution >= 4 is 11.8 Å². The van der Waals surface area contributed by atoms with Crippen LogP contribution in [0.1, 0.15) is 31.2 Å². The van der Waals surface area contributed by atoms with Crippen LogP contribution in [0.3, 0.4) is 0 Å². The Labute approximate surface area is 154 Å². The number of amides is 2. The van der Waals surface area contributed by atoms with E-state index >= 15 is 0 Å². The number of hydrogen-bond donors (Lipinski definition) is 1. The van der Waals surface area contributed by atoms with Gasteiger partial charge in [0.25, 0.3) is 0 Å². The van der Waals surface area contributed by atoms with Gasteiger partial charge in [-0.25, -0.2) is 9.97 Å². The van der Waals surface area contributed by atoms with Crippen molar-refractivity contribution in [2.24, 2.45) is 11.8 Å². The van der Waals surface area contributed by atoms with Crippen LogP contribution in [0.15, 0.2) is 18.7 Å². The molecule has 3 fully saturated rings. The molecule has 0 bridgehead atoms. The summed E-state index contributed by atoms with van der Waals surface area (Å²) < 4.78 is 0. The van der Waals surface area contributed by atoms with E-state index in [1.807, 2.05) is 11.9 Å². The van der Waals surface area contributed by atoms with E-state index in [0.29, 0.717) is 30.7 Å². The van der Waals surface area contributed by atoms with E-state index in [1.54, 1.807) is 12.4 Å². The molecule has 3 aliphatic rings. The topological polar surface area (TPSA) is 78.4 Å². The van der Waals surface area contributed by atoms with Gasteiger partial charge in [0.1, 0.15) is 6.33 Å². The minimum absolute atomic E-state index is 0.0394. The Kier molecular flexibility index (Phi) is 4.89. The van der Waals surface area contributed by atoms with Gasteiger partial charge in [0.15, 0.2) is 0 Å². The number of likely N-dealkylation sites (N-methyl/N-ethyl adjacent to an activating group) is 1. The van der Waals surface area contributed by atoms with Crippen LogP contribution in [0, 0.1) is 11.8 Å². The van der Waals surface area contributed by atoms with Gasteiger partial charge in [0, 0.05) is 44.5 Å². The minimum Gasteiger partial charge on any atom is -0.354 e. The van der Waals surface area contributed by atoms with Gasteiger partial charge in [-0.1, -0.05) is 0 Å². The molecular weight excluding hydrogens is 330 g/mol. The van der Waals surface area contributed by atoms with Gasteiger partial charge in [-0.15, -0.1) is 0 Å². The summed E-state index contributed by atoms with van der Waals surface area (Å²) >= 11 is 0. The molecule has 1 aromatic rings. The molecule has 7 heteroatoms. The smallest absolute Gasteiger partial charge is 0.237 e. The van der Waals surface area contributed by atoms with Crippen LogP contribution in [0.5, 0.6) is 0 Å². The van der Waals surface area contributed by atoms with E-state index < -0.39 is 0 Å². The number of nitrogens with zero attached hydrogens (tertiary/aromatic N) is 4. The number of hydrogen-bond acceptors (Lipinski definition) is 5. The summed E-state index contributed by atoms with van der Waals surface area (Å²) in [7, 11) is 2.03. The van der Waals surface area contributed by atoms with E-state index in [2.05, 4.69) is 20.2 Å². The predicted molar refractivity (Wildman–Crippen MR) is 96.1 cm³/mol. The third-order valence-corrected chi connectivity index (χ3v) is 6.11. The number of aryl methyl sites for hydroxylation is 1. The summed E-state index contributed by atoms with van der Waals surface area (Å²) in [5.74, 6) is 1.45. The zero-order valence-corrected chi connectivity index (χ0v) is 15.3. The molecule has 0 radical (unpaired) electrons. The fraction of sp³-hybridized carbons (Fsp3) is 0.684. The molecule has 0 unspecified atom stereocenters. The van der Waals surface area contributed by atoms with Crippen molar-refractivity contribution in [3.05, 3.63) is 24.3 Å². The number of carbonyl (C=O) groups excluding carboxylic acids is 2. The Morgan fingerprint density at radius 1 is 1.23 bits per heavy atom. The molecule has 2 amide bonds. The van der Waals surface area contributed by atoms with Crippen molar-refractivity contribution < 1.29 is 9.59 Å². The average molecular weight is 357 g/mol. The number of aromatic nitrogens is 2. The summed E-state index contributed by atoms with van der Waals surface area (Å²) in [6.45, 7) is 2.33. The first-order valence-electron chi connectivity index (χ1n) is 9.63. The van der Waals surface area contributed by atoms with Crippen molar-refractivity contribution in [2.45, 2.75) is 44.2 Å². The first kappa shape index (κ1) is 17.4. The molecule has 26 heavy (non-hydrogen) atoms. The Bertz CT molecular complexity index is 663. The molecule has 1 saturated carbocycles. The number of nitrogens with one attached hydrogen (secondary N) is 1. The lowest BCUT2D eigenvalue weighted by atomic mass is 10.0. The second kappa shape index (κ2) is 7.31. The highest BCUT2D eigenvalue weighted by Crippen LogP contribution is 2.35. The van der Waals surface area contributed by atoms with Gasteiger partial charge in [0.05, 0.1) is 6.04 Å². The molecule has 140 valence electrons. The zero-order valence-electron chi connectivity index (χ0n) is 15.3. The van der Waals surface area contributed by atoms with Crippen molar-refractivity contribution in [3.63, 3.8) is 0 Å². The molecule has 1 aromatic heterocycles. The number of likely N-dealkylation sites (tertiary alicyclic amines) is 2. The molecule has 0 spiro atoms. The van der Waals surface area contributed by atoms with Crippen LogP contribution >= 0.6 is 0 Å². The van der Waals surface area contributed by atoms with E-state index in [9.17, 15) is 9.59 Å². The van der Waals surface area contributed by atoms with E-state index in [0.717, 1.165) is 31.6 Å². The molecular formula is C19H27N5O2. The van der Waals surface area contributed by atoms with Gasteiger partial charge >= 0.3 is 0 Å². The Balaban J connectivity index is 1.26. The number of fused-ring (bicyclic) bond motifs is 1. The molecule has 3 atom stereocenters. The summed E-state index contributed by atoms with van der Waals surface area (Å²) in [6.07, 6.45) is 9.54. The van der Waals surface area contributed by atoms with Gasteiger partial charge < -0.3 is 10.2 Å². The van der Waals surface area contributed by atoms with Crippen molar-refractivity contribution in [3.8, 4) is 0 Å². The van der Waals surface area contributed by atoms with E-state index in [1.165, 1.54) is 19.2 Å². The summed E-state index contributed by atoms with van der Waals surface area (Å²) in [5, 5.41) is 3.11. The lowest BCUT2D eigenvalue weighted by Gasteiger charge is -2.26. The maximum absolute atomic E-state index is 12.5. The Hall–Kier alpha value is -2.02. The maximum atomic E-state index is 12.5. The largest absolute Gasteiger partial charge is 0.354 e. The van der Waals surface area contributed by atoms with Crippen LogP contribution in [0.4, 0.5) is 0 Å². The molecule has 7 nitrogen and oxygen atoms in total. The highest BCUT2D eigenvalue weighted by molar-refractivity contribution is 5.82. The predicted octanol–water partition coefficient (Wildman–Crippen LogP) is 0.467. The first-order chi connectivity index (χ1) is 12.6. The van der Waals surface area contributed by atoms with Gasteiger partial charge in [0.2, 0.25) is 11.8 Å². The van der Waals surface area contributed by atoms with Gasteiger partial charge in [-0.05, 0) is 50.1 Å². The van der Waals surface area contributed by atoms with Gasteiger partial charge in [-0.2, -0.15) is 0 Å². The minimum atomic E-state index is -0.0394. The van der Waals surface area contributed by atoms with Crippen LogP contribution in [-0.4, -0.2) is 70.3 Å². The SMILES string of the molecule is CN1[C@H](C(=O)NCC2CC2)C[C@@H]2CN(C(=O)CCc3cncnc3)C[C@@H]21. The molecule has 3 heterocycles. The molecule has 1 aliphatic carbocycles. The van der Waals surface area contributed by atoms with Crippen LogP contribution in [0.2, 0.25) is 0 Å². The molecule has 0 aromatic carbocycles. The Morgan fingerprint density at radius 3 is 2.69 bits per heavy atom. The van der Waals surface area contributed by atoms with Crippen LogP contribution in [0.25, 0.3) is 0 Å². The summed E-state index contributed by atoms with van der Waals surface area (Å²) in [4.78, 5) is 37.1. The maximum Gasteiger partial charge on any atom is 0.237 e. The molecule has 1 N–H and O–H groups in total. The second-order valence-electron chi connectivity index (χ2n) is 7.98. The monoisotopic (exact) mass is 357 g/mol. The summed E-state index contributed by atoms with van der Waals surface area (Å²) in [5.41, 5.74) is 0.991. The highest BCUT2D eigenvalue weighted by Gasteiger charge is 2.48. The standard InChI is InChI=1S/C19H27N5O2/c1-23-16(19(26)22-9-13-2-3-13)6-15-10-24(11-17(15)23)18(25)5-4-14-7-20-12-21-8-14/h7-8,12-13,15-17H,2-6,9-11H2,1H3,(H,22,26)/t15-,16+,17+/m1/s1. The highest BCUT2D eigenvalue weighted by atomic mass is 16.2. The Morgan fingerprint density at radius 2 is 2.00 bits per heavy atom. The van der Waals surface area contributed by atoms with Gasteiger partial charge in [-0.3, -0.25) is 14.5 Å². The fourth-order valence-electron chi connectivity index (χ4n) is 4.28. The molecule has 4 rings (SSSR count). The molecule has 2 aliphatic heterocycles. The summed E-state index contributed by atoms with van der Waals surface area (Å²) in [6, 6.07) is 0.262.